The van der Waals surface area contributed by atoms with Gasteiger partial charge in [0.05, 0.1) is 6.10 Å². The van der Waals surface area contributed by atoms with Crippen molar-refractivity contribution in [2.45, 2.75) is 45.3 Å². The predicted octanol–water partition coefficient (Wildman–Crippen LogP) is 0.901. The van der Waals surface area contributed by atoms with Crippen molar-refractivity contribution in [3.05, 3.63) is 0 Å². The molecule has 0 spiro atoms. The van der Waals surface area contributed by atoms with Gasteiger partial charge in [0.25, 0.3) is 0 Å². The lowest BCUT2D eigenvalue weighted by molar-refractivity contribution is -0.127. The number of ether oxygens (including phenoxy) is 1. The first-order valence-corrected chi connectivity index (χ1v) is 6.09. The van der Waals surface area contributed by atoms with E-state index in [2.05, 4.69) is 12.2 Å². The molecule has 0 aromatic heterocycles. The van der Waals surface area contributed by atoms with Gasteiger partial charge in [0.2, 0.25) is 5.91 Å². The number of rotatable bonds is 4. The fourth-order valence-corrected chi connectivity index (χ4v) is 2.34. The second-order valence-corrected chi connectivity index (χ2v) is 5.06. The van der Waals surface area contributed by atoms with Crippen LogP contribution in [-0.2, 0) is 9.53 Å². The molecular formula is C12H24N2O2. The average Bonchev–Trinajstić information content (AvgIpc) is 2.23. The highest BCUT2D eigenvalue weighted by molar-refractivity contribution is 5.78. The van der Waals surface area contributed by atoms with Gasteiger partial charge in [-0.25, -0.2) is 0 Å². The Kier molecular flexibility index (Phi) is 5.22. The number of amides is 1. The molecule has 4 heteroatoms. The molecule has 4 nitrogen and oxygen atoms in total. The molecule has 0 heterocycles. The summed E-state index contributed by atoms with van der Waals surface area (Å²) >= 11 is 0. The summed E-state index contributed by atoms with van der Waals surface area (Å²) in [5.74, 6) is 0.771. The lowest BCUT2D eigenvalue weighted by Gasteiger charge is -2.30. The molecule has 3 N–H and O–H groups in total. The van der Waals surface area contributed by atoms with E-state index < -0.39 is 0 Å². The molecule has 1 amide bonds. The fraction of sp³-hybridized carbons (Fsp3) is 0.917. The van der Waals surface area contributed by atoms with Crippen LogP contribution in [0.1, 0.15) is 33.1 Å². The number of hydrogen-bond donors (Lipinski definition) is 2. The normalized spacial score (nSPS) is 32.1. The monoisotopic (exact) mass is 228 g/mol. The van der Waals surface area contributed by atoms with Crippen molar-refractivity contribution < 1.29 is 9.53 Å². The minimum absolute atomic E-state index is 0.0682. The van der Waals surface area contributed by atoms with E-state index in [0.29, 0.717) is 12.5 Å². The van der Waals surface area contributed by atoms with Crippen molar-refractivity contribution in [1.29, 1.82) is 0 Å². The smallest absolute Gasteiger partial charge is 0.223 e. The maximum absolute atomic E-state index is 11.9. The molecule has 4 atom stereocenters. The molecule has 1 aliphatic carbocycles. The minimum Gasteiger partial charge on any atom is -0.380 e. The molecule has 1 aliphatic rings. The van der Waals surface area contributed by atoms with E-state index in [4.69, 9.17) is 10.5 Å². The van der Waals surface area contributed by atoms with Gasteiger partial charge in [-0.2, -0.15) is 0 Å². The molecule has 16 heavy (non-hydrogen) atoms. The zero-order valence-corrected chi connectivity index (χ0v) is 10.5. The van der Waals surface area contributed by atoms with Crippen LogP contribution in [-0.4, -0.2) is 31.7 Å². The molecule has 0 aromatic carbocycles. The summed E-state index contributed by atoms with van der Waals surface area (Å²) in [6.07, 6.45) is 2.88. The van der Waals surface area contributed by atoms with Crippen LogP contribution in [0.4, 0.5) is 0 Å². The van der Waals surface area contributed by atoms with Crippen LogP contribution in [0.15, 0.2) is 0 Å². The van der Waals surface area contributed by atoms with Gasteiger partial charge in [0.1, 0.15) is 0 Å². The molecule has 0 bridgehead atoms. The number of carbonyl (C=O) groups excluding carboxylic acids is 1. The zero-order valence-electron chi connectivity index (χ0n) is 10.5. The van der Waals surface area contributed by atoms with E-state index in [1.165, 1.54) is 0 Å². The Hall–Kier alpha value is -0.610. The van der Waals surface area contributed by atoms with Gasteiger partial charge in [-0.1, -0.05) is 6.92 Å². The van der Waals surface area contributed by atoms with Crippen molar-refractivity contribution in [2.24, 2.45) is 17.6 Å². The molecule has 94 valence electrons. The Bertz CT molecular complexity index is 223. The van der Waals surface area contributed by atoms with Crippen LogP contribution < -0.4 is 11.1 Å². The summed E-state index contributed by atoms with van der Waals surface area (Å²) in [6, 6.07) is 0.180. The largest absolute Gasteiger partial charge is 0.380 e. The first-order valence-electron chi connectivity index (χ1n) is 6.09. The van der Waals surface area contributed by atoms with Crippen molar-refractivity contribution in [1.82, 2.24) is 5.32 Å². The highest BCUT2D eigenvalue weighted by Crippen LogP contribution is 2.27. The number of nitrogens with two attached hydrogens (primary N) is 1. The van der Waals surface area contributed by atoms with E-state index in [9.17, 15) is 4.79 Å². The summed E-state index contributed by atoms with van der Waals surface area (Å²) in [6.45, 7) is 4.68. The van der Waals surface area contributed by atoms with Crippen LogP contribution in [0.2, 0.25) is 0 Å². The zero-order chi connectivity index (χ0) is 12.1. The van der Waals surface area contributed by atoms with Gasteiger partial charge in [0, 0.05) is 25.6 Å². The van der Waals surface area contributed by atoms with Crippen LogP contribution in [0, 0.1) is 11.8 Å². The second kappa shape index (κ2) is 6.21. The summed E-state index contributed by atoms with van der Waals surface area (Å²) in [7, 11) is 1.65. The molecule has 1 fully saturated rings. The number of methoxy groups -OCH3 is 1. The van der Waals surface area contributed by atoms with Crippen molar-refractivity contribution in [3.8, 4) is 0 Å². The third-order valence-corrected chi connectivity index (χ3v) is 3.32. The molecule has 0 radical (unpaired) electrons. The molecule has 4 unspecified atom stereocenters. The maximum Gasteiger partial charge on any atom is 0.223 e. The minimum atomic E-state index is 0.0682. The lowest BCUT2D eigenvalue weighted by atomic mass is 9.79. The summed E-state index contributed by atoms with van der Waals surface area (Å²) in [4.78, 5) is 11.9. The second-order valence-electron chi connectivity index (χ2n) is 5.06. The van der Waals surface area contributed by atoms with Gasteiger partial charge in [-0.05, 0) is 32.1 Å². The highest BCUT2D eigenvalue weighted by Gasteiger charge is 2.29. The predicted molar refractivity (Wildman–Crippen MR) is 64.0 cm³/mol. The van der Waals surface area contributed by atoms with Crippen molar-refractivity contribution >= 4 is 5.91 Å². The van der Waals surface area contributed by atoms with Crippen LogP contribution >= 0.6 is 0 Å². The highest BCUT2D eigenvalue weighted by atomic mass is 16.5. The molecule has 0 aromatic rings. The SMILES string of the molecule is COC(C)CNC(=O)C1CC(C)CC(N)C1. The Morgan fingerprint density at radius 2 is 2.19 bits per heavy atom. The third kappa shape index (κ3) is 4.10. The Balaban J connectivity index is 2.35. The summed E-state index contributed by atoms with van der Waals surface area (Å²) < 4.78 is 5.09. The average molecular weight is 228 g/mol. The van der Waals surface area contributed by atoms with Crippen LogP contribution in [0.3, 0.4) is 0 Å². The van der Waals surface area contributed by atoms with Crippen molar-refractivity contribution in [3.63, 3.8) is 0 Å². The van der Waals surface area contributed by atoms with E-state index in [0.717, 1.165) is 19.3 Å². The van der Waals surface area contributed by atoms with E-state index >= 15 is 0 Å². The fourth-order valence-electron chi connectivity index (χ4n) is 2.34. The van der Waals surface area contributed by atoms with Gasteiger partial charge < -0.3 is 15.8 Å². The van der Waals surface area contributed by atoms with E-state index in [1.807, 2.05) is 6.92 Å². The number of carbonyl (C=O) groups is 1. The summed E-state index contributed by atoms with van der Waals surface area (Å²) in [5.41, 5.74) is 5.93. The topological polar surface area (TPSA) is 64.3 Å². The van der Waals surface area contributed by atoms with Crippen LogP contribution in [0.5, 0.6) is 0 Å². The molecule has 0 saturated heterocycles. The lowest BCUT2D eigenvalue weighted by Crippen LogP contribution is -2.42. The quantitative estimate of drug-likeness (QED) is 0.751. The Labute approximate surface area is 97.9 Å². The number of nitrogens with one attached hydrogen (secondary N) is 1. The molecule has 1 saturated carbocycles. The standard InChI is InChI=1S/C12H24N2O2/c1-8-4-10(6-11(13)5-8)12(15)14-7-9(2)16-3/h8-11H,4-7,13H2,1-3H3,(H,14,15). The number of hydrogen-bond acceptors (Lipinski definition) is 3. The molecular weight excluding hydrogens is 204 g/mol. The van der Waals surface area contributed by atoms with Gasteiger partial charge >= 0.3 is 0 Å². The third-order valence-electron chi connectivity index (χ3n) is 3.32. The first-order chi connectivity index (χ1) is 7.52. The van der Waals surface area contributed by atoms with Gasteiger partial charge in [-0.15, -0.1) is 0 Å². The molecule has 0 aliphatic heterocycles. The summed E-state index contributed by atoms with van der Waals surface area (Å²) in [5, 5.41) is 2.92. The Morgan fingerprint density at radius 1 is 1.50 bits per heavy atom. The Morgan fingerprint density at radius 3 is 2.75 bits per heavy atom. The van der Waals surface area contributed by atoms with Gasteiger partial charge in [0.15, 0.2) is 0 Å². The van der Waals surface area contributed by atoms with E-state index in [-0.39, 0.29) is 24.0 Å². The van der Waals surface area contributed by atoms with Crippen molar-refractivity contribution in [2.75, 3.05) is 13.7 Å². The molecule has 1 rings (SSSR count). The first kappa shape index (κ1) is 13.5. The van der Waals surface area contributed by atoms with E-state index in [1.54, 1.807) is 7.11 Å². The van der Waals surface area contributed by atoms with Crippen LogP contribution in [0.25, 0.3) is 0 Å². The van der Waals surface area contributed by atoms with Gasteiger partial charge in [-0.3, -0.25) is 4.79 Å². The maximum atomic E-state index is 11.9.